The fraction of sp³-hybridized carbons (Fsp3) is 0.400. The van der Waals surface area contributed by atoms with Crippen molar-refractivity contribution in [2.75, 3.05) is 6.61 Å². The van der Waals surface area contributed by atoms with Crippen molar-refractivity contribution >= 4 is 11.8 Å². The van der Waals surface area contributed by atoms with Crippen LogP contribution in [0, 0.1) is 6.92 Å². The molecule has 70 valence electrons. The van der Waals surface area contributed by atoms with Gasteiger partial charge in [-0.3, -0.25) is 0 Å². The minimum absolute atomic E-state index is 0.501. The molecule has 2 N–H and O–H groups in total. The fourth-order valence-corrected chi connectivity index (χ4v) is 3.00. The van der Waals surface area contributed by atoms with Crippen LogP contribution in [0.2, 0.25) is 0 Å². The molecule has 1 atom stereocenters. The van der Waals surface area contributed by atoms with Gasteiger partial charge < -0.3 is 4.84 Å². The number of hydrogen-bond donors (Lipinski definition) is 1. The summed E-state index contributed by atoms with van der Waals surface area (Å²) in [5.74, 6) is 5.07. The third-order valence-corrected chi connectivity index (χ3v) is 3.65. The van der Waals surface area contributed by atoms with Crippen LogP contribution in [-0.4, -0.2) is 11.9 Å². The number of rotatable bonds is 2. The van der Waals surface area contributed by atoms with Gasteiger partial charge in [0.1, 0.15) is 0 Å². The number of fused-ring (bicyclic) bond motifs is 1. The summed E-state index contributed by atoms with van der Waals surface area (Å²) in [5, 5.41) is 0.501. The van der Waals surface area contributed by atoms with Gasteiger partial charge in [-0.25, -0.2) is 5.90 Å². The van der Waals surface area contributed by atoms with E-state index in [1.807, 2.05) is 11.8 Å². The van der Waals surface area contributed by atoms with E-state index in [2.05, 4.69) is 30.0 Å². The average molecular weight is 195 g/mol. The Balaban J connectivity index is 2.20. The number of aryl methyl sites for hydroxylation is 1. The average Bonchev–Trinajstić information content (AvgIpc) is 2.49. The second-order valence-electron chi connectivity index (χ2n) is 3.33. The monoisotopic (exact) mass is 195 g/mol. The van der Waals surface area contributed by atoms with Crippen molar-refractivity contribution in [1.82, 2.24) is 0 Å². The summed E-state index contributed by atoms with van der Waals surface area (Å²) in [6, 6.07) is 6.43. The van der Waals surface area contributed by atoms with Crippen LogP contribution in [0.1, 0.15) is 11.1 Å². The Morgan fingerprint density at radius 3 is 3.15 bits per heavy atom. The summed E-state index contributed by atoms with van der Waals surface area (Å²) in [4.78, 5) is 6.07. The van der Waals surface area contributed by atoms with Crippen LogP contribution < -0.4 is 5.90 Å². The molecule has 1 unspecified atom stereocenters. The van der Waals surface area contributed by atoms with Gasteiger partial charge in [-0.1, -0.05) is 12.1 Å². The summed E-state index contributed by atoms with van der Waals surface area (Å²) >= 11 is 1.87. The second kappa shape index (κ2) is 3.70. The lowest BCUT2D eigenvalue weighted by Crippen LogP contribution is -2.14. The Labute approximate surface area is 82.4 Å². The molecule has 0 aliphatic carbocycles. The molecule has 0 amide bonds. The maximum atomic E-state index is 5.07. The van der Waals surface area contributed by atoms with Gasteiger partial charge in [0.2, 0.25) is 0 Å². The Kier molecular flexibility index (Phi) is 2.58. The van der Waals surface area contributed by atoms with Crippen LogP contribution in [0.4, 0.5) is 0 Å². The maximum absolute atomic E-state index is 5.07. The van der Waals surface area contributed by atoms with Gasteiger partial charge in [0.25, 0.3) is 0 Å². The van der Waals surface area contributed by atoms with E-state index in [9.17, 15) is 0 Å². The van der Waals surface area contributed by atoms with E-state index in [1.165, 1.54) is 16.0 Å². The number of hydrogen-bond acceptors (Lipinski definition) is 3. The normalized spacial score (nSPS) is 20.3. The standard InChI is InChI=1S/C10H13NOS/c1-7-3-2-4-10-9(7)5-8(13-10)6-12-11/h2-4,8H,5-6,11H2,1H3. The van der Waals surface area contributed by atoms with E-state index < -0.39 is 0 Å². The lowest BCUT2D eigenvalue weighted by atomic mass is 10.0. The van der Waals surface area contributed by atoms with Crippen molar-refractivity contribution in [1.29, 1.82) is 0 Å². The first-order valence-electron chi connectivity index (χ1n) is 4.38. The van der Waals surface area contributed by atoms with Crippen molar-refractivity contribution < 1.29 is 4.84 Å². The van der Waals surface area contributed by atoms with Crippen molar-refractivity contribution in [2.24, 2.45) is 5.90 Å². The van der Waals surface area contributed by atoms with Crippen LogP contribution in [0.5, 0.6) is 0 Å². The van der Waals surface area contributed by atoms with Gasteiger partial charge >= 0.3 is 0 Å². The first-order valence-corrected chi connectivity index (χ1v) is 5.26. The molecule has 1 aromatic rings. The van der Waals surface area contributed by atoms with Gasteiger partial charge in [-0.2, -0.15) is 0 Å². The molecule has 0 saturated carbocycles. The molecule has 0 spiro atoms. The SMILES string of the molecule is Cc1cccc2c1CC(CON)S2. The van der Waals surface area contributed by atoms with Crippen LogP contribution >= 0.6 is 11.8 Å². The van der Waals surface area contributed by atoms with Gasteiger partial charge in [0.15, 0.2) is 0 Å². The highest BCUT2D eigenvalue weighted by Crippen LogP contribution is 2.38. The summed E-state index contributed by atoms with van der Waals surface area (Å²) in [6.07, 6.45) is 1.09. The molecule has 2 rings (SSSR count). The van der Waals surface area contributed by atoms with E-state index in [1.54, 1.807) is 0 Å². The third kappa shape index (κ3) is 1.73. The Bertz CT molecular complexity index is 314. The van der Waals surface area contributed by atoms with Crippen molar-refractivity contribution in [2.45, 2.75) is 23.5 Å². The molecule has 1 aliphatic rings. The molecule has 0 saturated heterocycles. The smallest absolute Gasteiger partial charge is 0.0804 e. The van der Waals surface area contributed by atoms with Gasteiger partial charge in [0, 0.05) is 10.1 Å². The van der Waals surface area contributed by atoms with Crippen LogP contribution in [0.3, 0.4) is 0 Å². The van der Waals surface area contributed by atoms with Crippen molar-refractivity contribution in [3.05, 3.63) is 29.3 Å². The number of thioether (sulfide) groups is 1. The number of benzene rings is 1. The lowest BCUT2D eigenvalue weighted by Gasteiger charge is -2.04. The molecular weight excluding hydrogens is 182 g/mol. The van der Waals surface area contributed by atoms with Crippen molar-refractivity contribution in [3.8, 4) is 0 Å². The Hall–Kier alpha value is -0.510. The zero-order chi connectivity index (χ0) is 9.26. The quantitative estimate of drug-likeness (QED) is 0.732. The predicted molar refractivity (Wildman–Crippen MR) is 54.7 cm³/mol. The van der Waals surface area contributed by atoms with Crippen LogP contribution in [-0.2, 0) is 11.3 Å². The van der Waals surface area contributed by atoms with E-state index >= 15 is 0 Å². The number of nitrogens with two attached hydrogens (primary N) is 1. The second-order valence-corrected chi connectivity index (χ2v) is 4.67. The van der Waals surface area contributed by atoms with Gasteiger partial charge in [-0.15, -0.1) is 11.8 Å². The minimum atomic E-state index is 0.501. The maximum Gasteiger partial charge on any atom is 0.0804 e. The fourth-order valence-electron chi connectivity index (χ4n) is 1.70. The molecule has 0 bridgehead atoms. The summed E-state index contributed by atoms with van der Waals surface area (Å²) in [7, 11) is 0. The molecular formula is C10H13NOS. The molecule has 1 aromatic carbocycles. The molecule has 0 aromatic heterocycles. The molecule has 13 heavy (non-hydrogen) atoms. The molecule has 3 heteroatoms. The molecule has 1 aliphatic heterocycles. The highest BCUT2D eigenvalue weighted by Gasteiger charge is 2.23. The first-order chi connectivity index (χ1) is 6.31. The van der Waals surface area contributed by atoms with E-state index in [-0.39, 0.29) is 0 Å². The lowest BCUT2D eigenvalue weighted by molar-refractivity contribution is 0.139. The minimum Gasteiger partial charge on any atom is -0.303 e. The van der Waals surface area contributed by atoms with Crippen molar-refractivity contribution in [3.63, 3.8) is 0 Å². The highest BCUT2D eigenvalue weighted by atomic mass is 32.2. The molecule has 0 radical (unpaired) electrons. The molecule has 1 heterocycles. The highest BCUT2D eigenvalue weighted by molar-refractivity contribution is 8.00. The first kappa shape index (κ1) is 9.06. The molecule has 2 nitrogen and oxygen atoms in total. The van der Waals surface area contributed by atoms with Gasteiger partial charge in [0.05, 0.1) is 6.61 Å². The van der Waals surface area contributed by atoms with E-state index in [4.69, 9.17) is 5.90 Å². The van der Waals surface area contributed by atoms with E-state index in [0.717, 1.165) is 6.42 Å². The summed E-state index contributed by atoms with van der Waals surface area (Å²) in [6.45, 7) is 2.80. The summed E-state index contributed by atoms with van der Waals surface area (Å²) in [5.41, 5.74) is 2.85. The van der Waals surface area contributed by atoms with E-state index in [0.29, 0.717) is 11.9 Å². The predicted octanol–water partition coefficient (Wildman–Crippen LogP) is 1.90. The largest absolute Gasteiger partial charge is 0.303 e. The van der Waals surface area contributed by atoms with Gasteiger partial charge in [-0.05, 0) is 30.5 Å². The Morgan fingerprint density at radius 1 is 1.62 bits per heavy atom. The van der Waals surface area contributed by atoms with Crippen LogP contribution in [0.25, 0.3) is 0 Å². The topological polar surface area (TPSA) is 35.2 Å². The summed E-state index contributed by atoms with van der Waals surface area (Å²) < 4.78 is 0. The third-order valence-electron chi connectivity index (χ3n) is 2.37. The van der Waals surface area contributed by atoms with Crippen LogP contribution in [0.15, 0.2) is 23.1 Å². The molecule has 0 fully saturated rings. The zero-order valence-electron chi connectivity index (χ0n) is 7.62. The Morgan fingerprint density at radius 2 is 2.46 bits per heavy atom. The zero-order valence-corrected chi connectivity index (χ0v) is 8.43.